The molecular weight excluding hydrogens is 312 g/mol. The van der Waals surface area contributed by atoms with E-state index >= 15 is 0 Å². The molecule has 3 aromatic rings. The van der Waals surface area contributed by atoms with E-state index in [2.05, 4.69) is 10.3 Å². The molecule has 2 N–H and O–H groups in total. The van der Waals surface area contributed by atoms with E-state index in [1.807, 2.05) is 36.5 Å². The van der Waals surface area contributed by atoms with Crippen molar-refractivity contribution in [3.63, 3.8) is 0 Å². The SMILES string of the molecule is COc1ccccc1C(=O)NCCc1c[nH]c2cc(Cl)ccc12. The van der Waals surface area contributed by atoms with Crippen molar-refractivity contribution in [2.45, 2.75) is 6.42 Å². The van der Waals surface area contributed by atoms with Crippen LogP contribution in [-0.4, -0.2) is 24.5 Å². The summed E-state index contributed by atoms with van der Waals surface area (Å²) in [5, 5.41) is 4.76. The average Bonchev–Trinajstić information content (AvgIpc) is 2.96. The fourth-order valence-electron chi connectivity index (χ4n) is 2.60. The van der Waals surface area contributed by atoms with E-state index in [1.165, 1.54) is 0 Å². The fraction of sp³-hybridized carbons (Fsp3) is 0.167. The van der Waals surface area contributed by atoms with Gasteiger partial charge in [-0.2, -0.15) is 0 Å². The molecule has 0 aliphatic rings. The highest BCUT2D eigenvalue weighted by atomic mass is 35.5. The Morgan fingerprint density at radius 3 is 2.91 bits per heavy atom. The minimum absolute atomic E-state index is 0.134. The highest BCUT2D eigenvalue weighted by Gasteiger charge is 2.11. The van der Waals surface area contributed by atoms with Crippen molar-refractivity contribution >= 4 is 28.4 Å². The van der Waals surface area contributed by atoms with Crippen LogP contribution in [0.15, 0.2) is 48.7 Å². The van der Waals surface area contributed by atoms with Crippen molar-refractivity contribution in [2.24, 2.45) is 0 Å². The van der Waals surface area contributed by atoms with E-state index in [1.54, 1.807) is 19.2 Å². The third-order valence-electron chi connectivity index (χ3n) is 3.76. The molecule has 0 fully saturated rings. The lowest BCUT2D eigenvalue weighted by Gasteiger charge is -2.08. The van der Waals surface area contributed by atoms with Crippen LogP contribution < -0.4 is 10.1 Å². The molecule has 0 atom stereocenters. The number of halogens is 1. The first-order valence-electron chi connectivity index (χ1n) is 7.36. The summed E-state index contributed by atoms with van der Waals surface area (Å²) in [6.45, 7) is 0.548. The van der Waals surface area contributed by atoms with Crippen LogP contribution in [0.2, 0.25) is 5.02 Å². The molecule has 0 aliphatic carbocycles. The van der Waals surface area contributed by atoms with Gasteiger partial charge in [0.25, 0.3) is 5.91 Å². The van der Waals surface area contributed by atoms with Crippen LogP contribution >= 0.6 is 11.6 Å². The maximum atomic E-state index is 12.2. The van der Waals surface area contributed by atoms with E-state index in [0.29, 0.717) is 22.9 Å². The lowest BCUT2D eigenvalue weighted by Crippen LogP contribution is -2.26. The predicted molar refractivity (Wildman–Crippen MR) is 92.3 cm³/mol. The molecule has 5 heteroatoms. The van der Waals surface area contributed by atoms with E-state index in [0.717, 1.165) is 22.9 Å². The van der Waals surface area contributed by atoms with Crippen LogP contribution in [0.3, 0.4) is 0 Å². The number of H-pyrrole nitrogens is 1. The van der Waals surface area contributed by atoms with E-state index in [4.69, 9.17) is 16.3 Å². The van der Waals surface area contributed by atoms with Crippen molar-refractivity contribution in [1.82, 2.24) is 10.3 Å². The first-order chi connectivity index (χ1) is 11.2. The van der Waals surface area contributed by atoms with E-state index in [9.17, 15) is 4.79 Å². The molecule has 2 aromatic carbocycles. The summed E-state index contributed by atoms with van der Waals surface area (Å²) in [6.07, 6.45) is 2.69. The van der Waals surface area contributed by atoms with Crippen LogP contribution in [-0.2, 0) is 6.42 Å². The highest BCUT2D eigenvalue weighted by Crippen LogP contribution is 2.22. The lowest BCUT2D eigenvalue weighted by atomic mass is 10.1. The first-order valence-corrected chi connectivity index (χ1v) is 7.73. The summed E-state index contributed by atoms with van der Waals surface area (Å²) in [5.74, 6) is 0.442. The Bertz CT molecular complexity index is 842. The minimum atomic E-state index is -0.134. The van der Waals surface area contributed by atoms with Gasteiger partial charge in [-0.1, -0.05) is 29.8 Å². The molecule has 4 nitrogen and oxygen atoms in total. The molecule has 1 aromatic heterocycles. The van der Waals surface area contributed by atoms with Gasteiger partial charge < -0.3 is 15.0 Å². The standard InChI is InChI=1S/C18H17ClN2O2/c1-23-17-5-3-2-4-15(17)18(22)20-9-8-12-11-21-16-10-13(19)6-7-14(12)16/h2-7,10-11,21H,8-9H2,1H3,(H,20,22). The number of carbonyl (C=O) groups is 1. The number of hydrogen-bond acceptors (Lipinski definition) is 2. The maximum absolute atomic E-state index is 12.2. The Morgan fingerprint density at radius 2 is 2.09 bits per heavy atom. The second-order valence-corrected chi connectivity index (χ2v) is 5.65. The molecule has 0 saturated carbocycles. The zero-order valence-electron chi connectivity index (χ0n) is 12.7. The summed E-state index contributed by atoms with van der Waals surface area (Å²) < 4.78 is 5.21. The van der Waals surface area contributed by atoms with Gasteiger partial charge in [0.2, 0.25) is 0 Å². The Morgan fingerprint density at radius 1 is 1.26 bits per heavy atom. The Hall–Kier alpha value is -2.46. The number of methoxy groups -OCH3 is 1. The van der Waals surface area contributed by atoms with Crippen molar-refractivity contribution in [1.29, 1.82) is 0 Å². The summed E-state index contributed by atoms with van der Waals surface area (Å²) in [7, 11) is 1.56. The van der Waals surface area contributed by atoms with Gasteiger partial charge in [0.15, 0.2) is 0 Å². The third-order valence-corrected chi connectivity index (χ3v) is 4.00. The molecule has 0 bridgehead atoms. The molecule has 0 spiro atoms. The lowest BCUT2D eigenvalue weighted by molar-refractivity contribution is 0.0951. The van der Waals surface area contributed by atoms with Crippen LogP contribution in [0.1, 0.15) is 15.9 Å². The number of rotatable bonds is 5. The summed E-state index contributed by atoms with van der Waals surface area (Å²) >= 11 is 5.98. The van der Waals surface area contributed by atoms with Crippen molar-refractivity contribution in [3.05, 3.63) is 64.8 Å². The second kappa shape index (κ2) is 6.75. The van der Waals surface area contributed by atoms with Gasteiger partial charge in [-0.25, -0.2) is 0 Å². The maximum Gasteiger partial charge on any atom is 0.255 e. The average molecular weight is 329 g/mol. The van der Waals surface area contributed by atoms with Crippen molar-refractivity contribution < 1.29 is 9.53 Å². The van der Waals surface area contributed by atoms with Crippen molar-refractivity contribution in [3.8, 4) is 5.75 Å². The van der Waals surface area contributed by atoms with Crippen LogP contribution in [0.25, 0.3) is 10.9 Å². The molecule has 3 rings (SSSR count). The van der Waals surface area contributed by atoms with Gasteiger partial charge in [-0.05, 0) is 36.2 Å². The molecule has 0 saturated heterocycles. The number of hydrogen-bond donors (Lipinski definition) is 2. The van der Waals surface area contributed by atoms with Gasteiger partial charge in [-0.15, -0.1) is 0 Å². The number of benzene rings is 2. The molecule has 0 radical (unpaired) electrons. The van der Waals surface area contributed by atoms with Crippen LogP contribution in [0, 0.1) is 0 Å². The zero-order chi connectivity index (χ0) is 16.2. The minimum Gasteiger partial charge on any atom is -0.496 e. The number of fused-ring (bicyclic) bond motifs is 1. The van der Waals surface area contributed by atoms with E-state index in [-0.39, 0.29) is 5.91 Å². The molecular formula is C18H17ClN2O2. The molecule has 1 amide bonds. The number of nitrogens with one attached hydrogen (secondary N) is 2. The third kappa shape index (κ3) is 3.32. The van der Waals surface area contributed by atoms with E-state index < -0.39 is 0 Å². The summed E-state index contributed by atoms with van der Waals surface area (Å²) in [5.41, 5.74) is 2.70. The monoisotopic (exact) mass is 328 g/mol. The number of amides is 1. The fourth-order valence-corrected chi connectivity index (χ4v) is 2.78. The smallest absolute Gasteiger partial charge is 0.255 e. The highest BCUT2D eigenvalue weighted by molar-refractivity contribution is 6.31. The predicted octanol–water partition coefficient (Wildman–Crippen LogP) is 3.80. The van der Waals surface area contributed by atoms with Gasteiger partial charge >= 0.3 is 0 Å². The molecule has 0 aliphatic heterocycles. The first kappa shape index (κ1) is 15.4. The number of carbonyl (C=O) groups excluding carboxylic acids is 1. The number of ether oxygens (including phenoxy) is 1. The van der Waals surface area contributed by atoms with Gasteiger partial charge in [0.1, 0.15) is 5.75 Å². The Balaban J connectivity index is 1.65. The number of aromatic nitrogens is 1. The topological polar surface area (TPSA) is 54.1 Å². The van der Waals surface area contributed by atoms with Crippen LogP contribution in [0.5, 0.6) is 5.75 Å². The Kier molecular flexibility index (Phi) is 4.53. The molecule has 1 heterocycles. The molecule has 23 heavy (non-hydrogen) atoms. The largest absolute Gasteiger partial charge is 0.496 e. The summed E-state index contributed by atoms with van der Waals surface area (Å²) in [6, 6.07) is 12.9. The molecule has 0 unspecified atom stereocenters. The zero-order valence-corrected chi connectivity index (χ0v) is 13.5. The molecule has 118 valence electrons. The van der Waals surface area contributed by atoms with Crippen LogP contribution in [0.4, 0.5) is 0 Å². The van der Waals surface area contributed by atoms with Gasteiger partial charge in [0, 0.05) is 28.7 Å². The van der Waals surface area contributed by atoms with Gasteiger partial charge in [0.05, 0.1) is 12.7 Å². The number of para-hydroxylation sites is 1. The van der Waals surface area contributed by atoms with Crippen molar-refractivity contribution in [2.75, 3.05) is 13.7 Å². The second-order valence-electron chi connectivity index (χ2n) is 5.21. The quantitative estimate of drug-likeness (QED) is 0.748. The number of aromatic amines is 1. The Labute approximate surface area is 139 Å². The van der Waals surface area contributed by atoms with Gasteiger partial charge in [-0.3, -0.25) is 4.79 Å². The normalized spacial score (nSPS) is 10.7. The summed E-state index contributed by atoms with van der Waals surface area (Å²) in [4.78, 5) is 15.4.